The van der Waals surface area contributed by atoms with Crippen LogP contribution in [0, 0.1) is 13.8 Å². The van der Waals surface area contributed by atoms with E-state index in [-0.39, 0.29) is 5.25 Å². The largest absolute Gasteiger partial charge is 0.480 e. The fourth-order valence-corrected chi connectivity index (χ4v) is 2.41. The van der Waals surface area contributed by atoms with E-state index in [1.807, 2.05) is 6.92 Å². The van der Waals surface area contributed by atoms with Crippen LogP contribution in [0.4, 0.5) is 0 Å². The minimum Gasteiger partial charge on any atom is -0.480 e. The maximum Gasteiger partial charge on any atom is 0.316 e. The number of carboxylic acids is 1. The molecule has 0 aromatic heterocycles. The lowest BCUT2D eigenvalue weighted by Crippen LogP contribution is -2.15. The number of hydrogen-bond acceptors (Lipinski definition) is 2. The Balaban J connectivity index is 2.60. The number of benzene rings is 1. The van der Waals surface area contributed by atoms with Crippen molar-refractivity contribution in [2.24, 2.45) is 0 Å². The number of carboxylic acid groups (broad SMARTS) is 1. The maximum atomic E-state index is 10.9. The minimum atomic E-state index is -0.712. The minimum absolute atomic E-state index is 0.290. The van der Waals surface area contributed by atoms with E-state index in [1.54, 1.807) is 0 Å². The van der Waals surface area contributed by atoms with E-state index in [2.05, 4.69) is 32.0 Å². The van der Waals surface area contributed by atoms with E-state index in [4.69, 9.17) is 5.11 Å². The van der Waals surface area contributed by atoms with Gasteiger partial charge in [0.25, 0.3) is 0 Å². The van der Waals surface area contributed by atoms with Crippen molar-refractivity contribution in [3.8, 4) is 0 Å². The standard InChI is InChI=1S/C13H18O2S/c1-4-12(13(14)15)16-8-11-6-5-9(2)10(3)7-11/h5-7,12H,4,8H2,1-3H3,(H,14,15). The molecule has 0 aliphatic carbocycles. The Morgan fingerprint density at radius 3 is 2.56 bits per heavy atom. The van der Waals surface area contributed by atoms with Gasteiger partial charge in [-0.3, -0.25) is 4.79 Å². The van der Waals surface area contributed by atoms with Crippen molar-refractivity contribution in [3.05, 3.63) is 34.9 Å². The van der Waals surface area contributed by atoms with Crippen molar-refractivity contribution in [1.82, 2.24) is 0 Å². The van der Waals surface area contributed by atoms with Crippen LogP contribution < -0.4 is 0 Å². The SMILES string of the molecule is CCC(SCc1ccc(C)c(C)c1)C(=O)O. The average molecular weight is 238 g/mol. The van der Waals surface area contributed by atoms with E-state index in [0.717, 1.165) is 5.75 Å². The maximum absolute atomic E-state index is 10.9. The summed E-state index contributed by atoms with van der Waals surface area (Å²) in [6.07, 6.45) is 0.671. The Morgan fingerprint density at radius 1 is 1.38 bits per heavy atom. The molecule has 0 spiro atoms. The van der Waals surface area contributed by atoms with Crippen molar-refractivity contribution in [2.75, 3.05) is 0 Å². The van der Waals surface area contributed by atoms with Crippen LogP contribution in [0.25, 0.3) is 0 Å². The fourth-order valence-electron chi connectivity index (χ4n) is 1.45. The highest BCUT2D eigenvalue weighted by molar-refractivity contribution is 7.99. The van der Waals surface area contributed by atoms with Gasteiger partial charge in [0.15, 0.2) is 0 Å². The van der Waals surface area contributed by atoms with Crippen LogP contribution in [-0.2, 0) is 10.5 Å². The first kappa shape index (κ1) is 13.1. The lowest BCUT2D eigenvalue weighted by molar-refractivity contribution is -0.136. The van der Waals surface area contributed by atoms with Gasteiger partial charge in [-0.15, -0.1) is 11.8 Å². The van der Waals surface area contributed by atoms with E-state index in [1.165, 1.54) is 28.5 Å². The van der Waals surface area contributed by atoms with E-state index in [9.17, 15) is 4.79 Å². The van der Waals surface area contributed by atoms with Crippen LogP contribution in [-0.4, -0.2) is 16.3 Å². The van der Waals surface area contributed by atoms with Crippen LogP contribution in [0.3, 0.4) is 0 Å². The van der Waals surface area contributed by atoms with Crippen molar-refractivity contribution < 1.29 is 9.90 Å². The first-order valence-electron chi connectivity index (χ1n) is 5.45. The normalized spacial score (nSPS) is 12.4. The van der Waals surface area contributed by atoms with Gasteiger partial charge in [0, 0.05) is 5.75 Å². The molecule has 0 aliphatic heterocycles. The molecule has 88 valence electrons. The Hall–Kier alpha value is -0.960. The van der Waals surface area contributed by atoms with Gasteiger partial charge in [0.2, 0.25) is 0 Å². The molecule has 1 N–H and O–H groups in total. The highest BCUT2D eigenvalue weighted by Gasteiger charge is 2.15. The summed E-state index contributed by atoms with van der Waals surface area (Å²) in [6, 6.07) is 6.30. The average Bonchev–Trinajstić information content (AvgIpc) is 2.23. The van der Waals surface area contributed by atoms with Gasteiger partial charge in [-0.2, -0.15) is 0 Å². The molecule has 1 aromatic carbocycles. The molecule has 0 amide bonds. The van der Waals surface area contributed by atoms with Gasteiger partial charge in [-0.1, -0.05) is 25.1 Å². The molecule has 16 heavy (non-hydrogen) atoms. The van der Waals surface area contributed by atoms with E-state index in [0.29, 0.717) is 6.42 Å². The summed E-state index contributed by atoms with van der Waals surface area (Å²) in [6.45, 7) is 6.07. The molecule has 1 atom stereocenters. The Bertz CT molecular complexity index is 374. The predicted octanol–water partition coefficient (Wildman–Crippen LogP) is 3.40. The van der Waals surface area contributed by atoms with Crippen LogP contribution in [0.5, 0.6) is 0 Å². The summed E-state index contributed by atoms with van der Waals surface area (Å²) < 4.78 is 0. The third-order valence-corrected chi connectivity index (χ3v) is 4.11. The second-order valence-corrected chi connectivity index (χ2v) is 5.16. The zero-order chi connectivity index (χ0) is 12.1. The van der Waals surface area contributed by atoms with E-state index < -0.39 is 5.97 Å². The molecule has 3 heteroatoms. The van der Waals surface area contributed by atoms with Gasteiger partial charge in [-0.25, -0.2) is 0 Å². The van der Waals surface area contributed by atoms with Crippen molar-refractivity contribution in [1.29, 1.82) is 0 Å². The quantitative estimate of drug-likeness (QED) is 0.854. The first-order chi connectivity index (χ1) is 7.54. The smallest absolute Gasteiger partial charge is 0.316 e. The zero-order valence-corrected chi connectivity index (χ0v) is 10.8. The Labute approximate surface area is 101 Å². The summed E-state index contributed by atoms with van der Waals surface area (Å²) in [7, 11) is 0. The molecule has 1 unspecified atom stereocenters. The lowest BCUT2D eigenvalue weighted by Gasteiger charge is -2.10. The van der Waals surface area contributed by atoms with Gasteiger partial charge >= 0.3 is 5.97 Å². The molecule has 0 fully saturated rings. The number of aliphatic carboxylic acids is 1. The summed E-state index contributed by atoms with van der Waals surface area (Å²) in [5, 5.41) is 8.64. The highest BCUT2D eigenvalue weighted by atomic mass is 32.2. The van der Waals surface area contributed by atoms with Gasteiger partial charge in [0.1, 0.15) is 5.25 Å². The summed E-state index contributed by atoms with van der Waals surface area (Å²) in [5.74, 6) is 0.0580. The molecule has 0 heterocycles. The second kappa shape index (κ2) is 5.94. The zero-order valence-electron chi connectivity index (χ0n) is 9.99. The molecule has 1 rings (SSSR count). The number of aryl methyl sites for hydroxylation is 2. The number of hydrogen-bond donors (Lipinski definition) is 1. The van der Waals surface area contributed by atoms with Gasteiger partial charge in [-0.05, 0) is 37.0 Å². The predicted molar refractivity (Wildman–Crippen MR) is 68.9 cm³/mol. The molecule has 1 aromatic rings. The molecule has 0 bridgehead atoms. The highest BCUT2D eigenvalue weighted by Crippen LogP contribution is 2.21. The summed E-state index contributed by atoms with van der Waals surface area (Å²) >= 11 is 1.50. The topological polar surface area (TPSA) is 37.3 Å². The monoisotopic (exact) mass is 238 g/mol. The van der Waals surface area contributed by atoms with Crippen LogP contribution in [0.2, 0.25) is 0 Å². The molecular weight excluding hydrogens is 220 g/mol. The third-order valence-electron chi connectivity index (χ3n) is 2.67. The van der Waals surface area contributed by atoms with Crippen molar-refractivity contribution >= 4 is 17.7 Å². The molecule has 0 saturated carbocycles. The van der Waals surface area contributed by atoms with Gasteiger partial charge < -0.3 is 5.11 Å². The second-order valence-electron chi connectivity index (χ2n) is 3.96. The molecule has 0 saturated heterocycles. The van der Waals surface area contributed by atoms with Crippen molar-refractivity contribution in [2.45, 2.75) is 38.2 Å². The molecule has 2 nitrogen and oxygen atoms in total. The fraction of sp³-hybridized carbons (Fsp3) is 0.462. The van der Waals surface area contributed by atoms with E-state index >= 15 is 0 Å². The van der Waals surface area contributed by atoms with Crippen LogP contribution in [0.15, 0.2) is 18.2 Å². The number of thioether (sulfide) groups is 1. The lowest BCUT2D eigenvalue weighted by atomic mass is 10.1. The molecule has 0 radical (unpaired) electrons. The van der Waals surface area contributed by atoms with Gasteiger partial charge in [0.05, 0.1) is 0 Å². The summed E-state index contributed by atoms with van der Waals surface area (Å²) in [5.41, 5.74) is 3.74. The third kappa shape index (κ3) is 3.56. The summed E-state index contributed by atoms with van der Waals surface area (Å²) in [4.78, 5) is 10.9. The number of rotatable bonds is 5. The first-order valence-corrected chi connectivity index (χ1v) is 6.50. The van der Waals surface area contributed by atoms with Crippen LogP contribution >= 0.6 is 11.8 Å². The van der Waals surface area contributed by atoms with Crippen molar-refractivity contribution in [3.63, 3.8) is 0 Å². The Morgan fingerprint density at radius 2 is 2.06 bits per heavy atom. The molecular formula is C13H18O2S. The molecule has 0 aliphatic rings. The van der Waals surface area contributed by atoms with Crippen LogP contribution in [0.1, 0.15) is 30.0 Å². The number of carbonyl (C=O) groups is 1. The Kier molecular flexibility index (Phi) is 4.87.